The summed E-state index contributed by atoms with van der Waals surface area (Å²) in [5, 5.41) is 0. The van der Waals surface area contributed by atoms with Crippen LogP contribution in [0.25, 0.3) is 11.4 Å². The smallest absolute Gasteiger partial charge is 0.489 e. The number of hydroxylamine groups is 1. The third-order valence-electron chi connectivity index (χ3n) is 2.95. The Morgan fingerprint density at radius 3 is 2.38 bits per heavy atom. The van der Waals surface area contributed by atoms with E-state index in [1.807, 2.05) is 0 Å². The van der Waals surface area contributed by atoms with E-state index in [9.17, 15) is 22.4 Å². The summed E-state index contributed by atoms with van der Waals surface area (Å²) in [5.41, 5.74) is 2.43. The summed E-state index contributed by atoms with van der Waals surface area (Å²) in [6.45, 7) is -0.720. The summed E-state index contributed by atoms with van der Waals surface area (Å²) in [4.78, 5) is 22.4. The van der Waals surface area contributed by atoms with Crippen LogP contribution in [0, 0.1) is 0 Å². The maximum absolute atomic E-state index is 12.7. The van der Waals surface area contributed by atoms with Gasteiger partial charge in [-0.25, -0.2) is 19.2 Å². The zero-order valence-electron chi connectivity index (χ0n) is 13.2. The number of nitrogens with one attached hydrogen (secondary N) is 1. The molecule has 0 spiro atoms. The van der Waals surface area contributed by atoms with Gasteiger partial charge in [-0.05, 0) is 30.3 Å². The lowest BCUT2D eigenvalue weighted by Crippen LogP contribution is -2.32. The summed E-state index contributed by atoms with van der Waals surface area (Å²) in [7, 11) is 0. The SMILES string of the molecule is O=C(ONC/C(=C/F)COc1ccc(-c2ncccn2)cc1)C(F)(F)F. The number of carbonyl (C=O) groups is 1. The maximum Gasteiger partial charge on any atom is 0.492 e. The van der Waals surface area contributed by atoms with Crippen molar-refractivity contribution in [2.24, 2.45) is 0 Å². The second-order valence-electron chi connectivity index (χ2n) is 4.86. The number of hydrogen-bond donors (Lipinski definition) is 1. The molecular formula is C16H13F4N3O3. The van der Waals surface area contributed by atoms with E-state index >= 15 is 0 Å². The fourth-order valence-electron chi connectivity index (χ4n) is 1.70. The molecule has 0 aliphatic heterocycles. The number of nitrogens with zero attached hydrogens (tertiary/aromatic N) is 2. The highest BCUT2D eigenvalue weighted by molar-refractivity contribution is 5.75. The maximum atomic E-state index is 12.7. The number of aromatic nitrogens is 2. The van der Waals surface area contributed by atoms with Gasteiger partial charge >= 0.3 is 12.1 Å². The summed E-state index contributed by atoms with van der Waals surface area (Å²) in [5.74, 6) is -1.49. The minimum atomic E-state index is -5.13. The topological polar surface area (TPSA) is 73.3 Å². The molecule has 2 aromatic rings. The van der Waals surface area contributed by atoms with Crippen LogP contribution in [0.5, 0.6) is 5.75 Å². The van der Waals surface area contributed by atoms with Crippen LogP contribution in [0.15, 0.2) is 54.6 Å². The standard InChI is InChI=1S/C16H13F4N3O3/c17-8-11(9-23-26-15(24)16(18,19)20)10-25-13-4-2-12(3-5-13)14-21-6-1-7-22-14/h1-8,23H,9-10H2/b11-8-. The largest absolute Gasteiger partial charge is 0.492 e. The van der Waals surface area contributed by atoms with Crippen LogP contribution in [-0.4, -0.2) is 35.3 Å². The van der Waals surface area contributed by atoms with Gasteiger partial charge in [0.25, 0.3) is 0 Å². The average molecular weight is 371 g/mol. The molecule has 6 nitrogen and oxygen atoms in total. The Morgan fingerprint density at radius 2 is 1.81 bits per heavy atom. The van der Waals surface area contributed by atoms with Crippen LogP contribution in [0.2, 0.25) is 0 Å². The van der Waals surface area contributed by atoms with E-state index in [4.69, 9.17) is 4.74 Å². The fourth-order valence-corrected chi connectivity index (χ4v) is 1.70. The van der Waals surface area contributed by atoms with Crippen LogP contribution in [0.4, 0.5) is 17.6 Å². The second kappa shape index (κ2) is 8.90. The first kappa shape index (κ1) is 19.3. The molecule has 0 radical (unpaired) electrons. The number of benzene rings is 1. The summed E-state index contributed by atoms with van der Waals surface area (Å²) < 4.78 is 53.9. The molecule has 1 aromatic carbocycles. The Labute approximate surface area is 145 Å². The van der Waals surface area contributed by atoms with E-state index in [0.29, 0.717) is 11.6 Å². The van der Waals surface area contributed by atoms with Crippen LogP contribution in [0.1, 0.15) is 0 Å². The number of halogens is 4. The van der Waals surface area contributed by atoms with Crippen molar-refractivity contribution in [1.29, 1.82) is 0 Å². The van der Waals surface area contributed by atoms with E-state index in [0.717, 1.165) is 5.56 Å². The van der Waals surface area contributed by atoms with Gasteiger partial charge in [-0.2, -0.15) is 13.2 Å². The lowest BCUT2D eigenvalue weighted by molar-refractivity contribution is -0.206. The first-order chi connectivity index (χ1) is 12.4. The lowest BCUT2D eigenvalue weighted by atomic mass is 10.2. The van der Waals surface area contributed by atoms with E-state index in [1.54, 1.807) is 48.2 Å². The molecule has 1 aromatic heterocycles. The number of ether oxygens (including phenoxy) is 1. The van der Waals surface area contributed by atoms with E-state index in [-0.39, 0.29) is 18.5 Å². The van der Waals surface area contributed by atoms with Gasteiger partial charge in [0.2, 0.25) is 0 Å². The molecule has 0 fully saturated rings. The normalized spacial score (nSPS) is 11.9. The summed E-state index contributed by atoms with van der Waals surface area (Å²) >= 11 is 0. The summed E-state index contributed by atoms with van der Waals surface area (Å²) in [6.07, 6.45) is -1.78. The van der Waals surface area contributed by atoms with E-state index in [2.05, 4.69) is 14.8 Å². The second-order valence-corrected chi connectivity index (χ2v) is 4.86. The van der Waals surface area contributed by atoms with Crippen molar-refractivity contribution in [1.82, 2.24) is 15.4 Å². The van der Waals surface area contributed by atoms with Crippen molar-refractivity contribution in [3.8, 4) is 17.1 Å². The molecule has 138 valence electrons. The van der Waals surface area contributed by atoms with Gasteiger partial charge in [-0.1, -0.05) is 0 Å². The van der Waals surface area contributed by atoms with Gasteiger partial charge in [0.05, 0.1) is 12.9 Å². The van der Waals surface area contributed by atoms with Gasteiger partial charge in [-0.3, -0.25) is 0 Å². The minimum Gasteiger partial charge on any atom is -0.489 e. The Kier molecular flexibility index (Phi) is 6.61. The highest BCUT2D eigenvalue weighted by Gasteiger charge is 2.41. The predicted octanol–water partition coefficient (Wildman–Crippen LogP) is 2.99. The number of rotatable bonds is 7. The molecule has 1 N–H and O–H groups in total. The van der Waals surface area contributed by atoms with Gasteiger partial charge in [0.15, 0.2) is 5.82 Å². The van der Waals surface area contributed by atoms with Gasteiger partial charge in [-0.15, -0.1) is 5.48 Å². The molecule has 0 saturated heterocycles. The lowest BCUT2D eigenvalue weighted by Gasteiger charge is -2.11. The third-order valence-corrected chi connectivity index (χ3v) is 2.95. The Balaban J connectivity index is 1.82. The van der Waals surface area contributed by atoms with Crippen molar-refractivity contribution < 1.29 is 31.9 Å². The molecule has 0 amide bonds. The van der Waals surface area contributed by atoms with Gasteiger partial charge in [0, 0.05) is 23.5 Å². The van der Waals surface area contributed by atoms with Crippen molar-refractivity contribution >= 4 is 5.97 Å². The molecule has 0 unspecified atom stereocenters. The molecule has 0 bridgehead atoms. The molecule has 0 saturated carbocycles. The third kappa shape index (κ3) is 5.81. The number of hydrogen-bond acceptors (Lipinski definition) is 6. The summed E-state index contributed by atoms with van der Waals surface area (Å²) in [6, 6.07) is 8.31. The van der Waals surface area contributed by atoms with E-state index < -0.39 is 18.7 Å². The minimum absolute atomic E-state index is 0.0598. The fraction of sp³-hybridized carbons (Fsp3) is 0.188. The first-order valence-corrected chi connectivity index (χ1v) is 7.19. The quantitative estimate of drug-likeness (QED) is 0.596. The highest BCUT2D eigenvalue weighted by Crippen LogP contribution is 2.19. The van der Waals surface area contributed by atoms with E-state index in [1.165, 1.54) is 0 Å². The zero-order chi connectivity index (χ0) is 19.0. The molecule has 0 aliphatic carbocycles. The Hall–Kier alpha value is -3.01. The molecular weight excluding hydrogens is 358 g/mol. The number of alkyl halides is 3. The average Bonchev–Trinajstić information content (AvgIpc) is 2.64. The zero-order valence-corrected chi connectivity index (χ0v) is 13.2. The van der Waals surface area contributed by atoms with Gasteiger partial charge in [0.1, 0.15) is 12.4 Å². The van der Waals surface area contributed by atoms with Crippen molar-refractivity contribution in [2.45, 2.75) is 6.18 Å². The molecule has 1 heterocycles. The Bertz CT molecular complexity index is 750. The van der Waals surface area contributed by atoms with Crippen molar-refractivity contribution in [2.75, 3.05) is 13.2 Å². The molecule has 2 rings (SSSR count). The predicted molar refractivity (Wildman–Crippen MR) is 82.3 cm³/mol. The van der Waals surface area contributed by atoms with Gasteiger partial charge < -0.3 is 9.57 Å². The van der Waals surface area contributed by atoms with Crippen LogP contribution >= 0.6 is 0 Å². The van der Waals surface area contributed by atoms with Crippen molar-refractivity contribution in [3.05, 3.63) is 54.6 Å². The van der Waals surface area contributed by atoms with Crippen LogP contribution in [-0.2, 0) is 9.63 Å². The van der Waals surface area contributed by atoms with Crippen LogP contribution < -0.4 is 10.2 Å². The highest BCUT2D eigenvalue weighted by atomic mass is 19.4. The Morgan fingerprint density at radius 1 is 1.15 bits per heavy atom. The molecule has 10 heteroatoms. The molecule has 0 atom stereocenters. The molecule has 0 aliphatic rings. The monoisotopic (exact) mass is 371 g/mol. The van der Waals surface area contributed by atoms with Crippen LogP contribution in [0.3, 0.4) is 0 Å². The number of carbonyl (C=O) groups excluding carboxylic acids is 1. The van der Waals surface area contributed by atoms with Crippen molar-refractivity contribution in [3.63, 3.8) is 0 Å². The first-order valence-electron chi connectivity index (χ1n) is 7.19. The molecule has 26 heavy (non-hydrogen) atoms.